The average molecular weight is 219 g/mol. The fourth-order valence-electron chi connectivity index (χ4n) is 1.75. The summed E-state index contributed by atoms with van der Waals surface area (Å²) in [7, 11) is 0. The van der Waals surface area contributed by atoms with E-state index in [-0.39, 0.29) is 0 Å². The largest absolute Gasteiger partial charge is 0.366 e. The van der Waals surface area contributed by atoms with Crippen molar-refractivity contribution in [3.05, 3.63) is 34.2 Å². The van der Waals surface area contributed by atoms with Gasteiger partial charge in [0.25, 0.3) is 0 Å². The van der Waals surface area contributed by atoms with Gasteiger partial charge < -0.3 is 4.52 Å². The molecule has 16 heavy (non-hydrogen) atoms. The van der Waals surface area contributed by atoms with Crippen molar-refractivity contribution in [3.63, 3.8) is 0 Å². The maximum atomic E-state index is 11.6. The maximum absolute atomic E-state index is 11.6. The molecular formula is C12H13NO3. The third-order valence-corrected chi connectivity index (χ3v) is 2.40. The summed E-state index contributed by atoms with van der Waals surface area (Å²) in [6.45, 7) is 4.70. The molecule has 0 radical (unpaired) electrons. The van der Waals surface area contributed by atoms with E-state index >= 15 is 0 Å². The summed E-state index contributed by atoms with van der Waals surface area (Å²) < 4.78 is 6.67. The first kappa shape index (κ1) is 10.7. The van der Waals surface area contributed by atoms with Gasteiger partial charge in [0.05, 0.1) is 17.4 Å². The predicted molar refractivity (Wildman–Crippen MR) is 60.7 cm³/mol. The van der Waals surface area contributed by atoms with Crippen LogP contribution in [0, 0.1) is 5.92 Å². The van der Waals surface area contributed by atoms with E-state index in [0.717, 1.165) is 0 Å². The van der Waals surface area contributed by atoms with Crippen molar-refractivity contribution in [1.82, 2.24) is 4.74 Å². The number of benzene rings is 1. The van der Waals surface area contributed by atoms with Crippen molar-refractivity contribution in [1.29, 1.82) is 0 Å². The van der Waals surface area contributed by atoms with Crippen molar-refractivity contribution >= 4 is 17.2 Å². The van der Waals surface area contributed by atoms with Gasteiger partial charge >= 0.3 is 5.63 Å². The Hall–Kier alpha value is -1.84. The molecule has 4 nitrogen and oxygen atoms in total. The Bertz CT molecular complexity index is 577. The van der Waals surface area contributed by atoms with Gasteiger partial charge in [-0.15, -0.1) is 0 Å². The van der Waals surface area contributed by atoms with Crippen LogP contribution in [0.1, 0.15) is 24.2 Å². The molecule has 0 saturated carbocycles. The SMILES string of the molecule is CC(C)Cn1oc(=O)c2c(C=O)cccc21. The second-order valence-corrected chi connectivity index (χ2v) is 4.19. The number of hydrogen-bond acceptors (Lipinski definition) is 3. The van der Waals surface area contributed by atoms with Crippen LogP contribution in [0.25, 0.3) is 10.9 Å². The first-order valence-corrected chi connectivity index (χ1v) is 5.21. The number of rotatable bonds is 3. The zero-order chi connectivity index (χ0) is 11.7. The van der Waals surface area contributed by atoms with E-state index in [1.807, 2.05) is 13.8 Å². The van der Waals surface area contributed by atoms with Crippen LogP contribution >= 0.6 is 0 Å². The quantitative estimate of drug-likeness (QED) is 0.742. The standard InChI is InChI=1S/C12H13NO3/c1-8(2)6-13-10-5-3-4-9(7-14)11(10)12(15)16-13/h3-5,7-8H,6H2,1-2H3. The third kappa shape index (κ3) is 1.66. The van der Waals surface area contributed by atoms with Gasteiger partial charge in [0.15, 0.2) is 6.29 Å². The lowest BCUT2D eigenvalue weighted by atomic mass is 10.1. The molecule has 0 fully saturated rings. The Labute approximate surface area is 92.4 Å². The van der Waals surface area contributed by atoms with E-state index in [0.29, 0.717) is 35.2 Å². The second kappa shape index (κ2) is 3.96. The highest BCUT2D eigenvalue weighted by Gasteiger charge is 2.13. The van der Waals surface area contributed by atoms with Crippen LogP contribution in [-0.2, 0) is 6.54 Å². The molecule has 0 aliphatic carbocycles. The van der Waals surface area contributed by atoms with Crippen molar-refractivity contribution in [2.24, 2.45) is 5.92 Å². The summed E-state index contributed by atoms with van der Waals surface area (Å²) in [5, 5.41) is 0.373. The molecule has 0 amide bonds. The fourth-order valence-corrected chi connectivity index (χ4v) is 1.75. The van der Waals surface area contributed by atoms with E-state index in [2.05, 4.69) is 0 Å². The Kier molecular flexibility index (Phi) is 2.64. The molecule has 0 N–H and O–H groups in total. The summed E-state index contributed by atoms with van der Waals surface area (Å²) in [6.07, 6.45) is 0.680. The molecule has 0 aliphatic rings. The van der Waals surface area contributed by atoms with Gasteiger partial charge in [-0.1, -0.05) is 26.0 Å². The lowest BCUT2D eigenvalue weighted by molar-refractivity contribution is 0.112. The number of fused-ring (bicyclic) bond motifs is 1. The topological polar surface area (TPSA) is 52.2 Å². The molecule has 2 rings (SSSR count). The molecule has 0 bridgehead atoms. The first-order valence-electron chi connectivity index (χ1n) is 5.21. The summed E-state index contributed by atoms with van der Waals surface area (Å²) in [4.78, 5) is 22.4. The van der Waals surface area contributed by atoms with Crippen molar-refractivity contribution < 1.29 is 9.32 Å². The molecule has 4 heteroatoms. The zero-order valence-electron chi connectivity index (χ0n) is 9.27. The molecular weight excluding hydrogens is 206 g/mol. The molecule has 2 aromatic rings. The van der Waals surface area contributed by atoms with E-state index in [9.17, 15) is 9.59 Å². The highest BCUT2D eigenvalue weighted by Crippen LogP contribution is 2.16. The maximum Gasteiger partial charge on any atom is 0.366 e. The Balaban J connectivity index is 2.71. The minimum atomic E-state index is -0.446. The van der Waals surface area contributed by atoms with Crippen LogP contribution in [0.15, 0.2) is 27.5 Å². The van der Waals surface area contributed by atoms with Gasteiger partial charge in [0.2, 0.25) is 0 Å². The number of aldehydes is 1. The summed E-state index contributed by atoms with van der Waals surface area (Å²) in [5.41, 5.74) is 0.621. The molecule has 0 unspecified atom stereocenters. The number of carbonyl (C=O) groups excluding carboxylic acids is 1. The van der Waals surface area contributed by atoms with Crippen LogP contribution in [0.3, 0.4) is 0 Å². The molecule has 1 heterocycles. The summed E-state index contributed by atoms with van der Waals surface area (Å²) in [5.74, 6) is 0.374. The van der Waals surface area contributed by atoms with E-state index < -0.39 is 5.63 Å². The molecule has 0 spiro atoms. The highest BCUT2D eigenvalue weighted by molar-refractivity contribution is 5.95. The Morgan fingerprint density at radius 1 is 1.44 bits per heavy atom. The molecule has 1 aromatic carbocycles. The minimum absolute atomic E-state index is 0.373. The van der Waals surface area contributed by atoms with Gasteiger partial charge in [0.1, 0.15) is 0 Å². The van der Waals surface area contributed by atoms with E-state index in [1.165, 1.54) is 0 Å². The zero-order valence-corrected chi connectivity index (χ0v) is 9.27. The van der Waals surface area contributed by atoms with Gasteiger partial charge in [-0.3, -0.25) is 4.79 Å². The number of carbonyl (C=O) groups is 1. The third-order valence-electron chi connectivity index (χ3n) is 2.40. The minimum Gasteiger partial charge on any atom is -0.335 e. The van der Waals surface area contributed by atoms with Crippen LogP contribution in [0.2, 0.25) is 0 Å². The molecule has 0 aliphatic heterocycles. The molecule has 84 valence electrons. The lowest BCUT2D eigenvalue weighted by Crippen LogP contribution is -2.03. The van der Waals surface area contributed by atoms with Crippen LogP contribution < -0.4 is 5.63 Å². The van der Waals surface area contributed by atoms with Crippen LogP contribution in [0.5, 0.6) is 0 Å². The normalized spacial score (nSPS) is 11.2. The van der Waals surface area contributed by atoms with Gasteiger partial charge in [-0.2, -0.15) is 0 Å². The summed E-state index contributed by atoms with van der Waals surface area (Å²) >= 11 is 0. The van der Waals surface area contributed by atoms with Crippen LogP contribution in [0.4, 0.5) is 0 Å². The predicted octanol–water partition coefficient (Wildman–Crippen LogP) is 2.06. The highest BCUT2D eigenvalue weighted by atomic mass is 16.5. The van der Waals surface area contributed by atoms with Crippen molar-refractivity contribution in [3.8, 4) is 0 Å². The molecule has 0 atom stereocenters. The Morgan fingerprint density at radius 3 is 2.81 bits per heavy atom. The summed E-state index contributed by atoms with van der Waals surface area (Å²) in [6, 6.07) is 5.15. The monoisotopic (exact) mass is 219 g/mol. The first-order chi connectivity index (χ1) is 7.63. The molecule has 1 aromatic heterocycles. The van der Waals surface area contributed by atoms with Gasteiger partial charge in [0, 0.05) is 5.56 Å². The Morgan fingerprint density at radius 2 is 2.19 bits per heavy atom. The fraction of sp³-hybridized carbons (Fsp3) is 0.333. The van der Waals surface area contributed by atoms with Crippen molar-refractivity contribution in [2.45, 2.75) is 20.4 Å². The number of nitrogens with zero attached hydrogens (tertiary/aromatic N) is 1. The number of aromatic nitrogens is 1. The van der Waals surface area contributed by atoms with Crippen LogP contribution in [-0.4, -0.2) is 11.0 Å². The number of hydrogen-bond donors (Lipinski definition) is 0. The van der Waals surface area contributed by atoms with Gasteiger partial charge in [-0.05, 0) is 12.0 Å². The average Bonchev–Trinajstić information content (AvgIpc) is 2.55. The smallest absolute Gasteiger partial charge is 0.335 e. The van der Waals surface area contributed by atoms with Gasteiger partial charge in [-0.25, -0.2) is 9.53 Å². The molecule has 0 saturated heterocycles. The van der Waals surface area contributed by atoms with Crippen molar-refractivity contribution in [2.75, 3.05) is 0 Å². The van der Waals surface area contributed by atoms with E-state index in [4.69, 9.17) is 4.52 Å². The second-order valence-electron chi connectivity index (χ2n) is 4.19. The lowest BCUT2D eigenvalue weighted by Gasteiger charge is -2.04. The van der Waals surface area contributed by atoms with E-state index in [1.54, 1.807) is 22.9 Å².